The van der Waals surface area contributed by atoms with Gasteiger partial charge in [-0.2, -0.15) is 0 Å². The van der Waals surface area contributed by atoms with Gasteiger partial charge in [-0.15, -0.1) is 0 Å². The average Bonchev–Trinajstić information content (AvgIpc) is 2.41. The maximum atomic E-state index is 11.9. The summed E-state index contributed by atoms with van der Waals surface area (Å²) in [6, 6.07) is 5.99. The highest BCUT2D eigenvalue weighted by Crippen LogP contribution is 2.19. The van der Waals surface area contributed by atoms with Crippen LogP contribution in [-0.4, -0.2) is 29.8 Å². The number of aliphatic hydroxyl groups is 1. The monoisotopic (exact) mass is 293 g/mol. The van der Waals surface area contributed by atoms with E-state index in [0.29, 0.717) is 19.4 Å². The second-order valence-electron chi connectivity index (χ2n) is 5.80. The molecule has 2 N–H and O–H groups in total. The number of aliphatic hydroxyl groups excluding tert-OH is 1. The van der Waals surface area contributed by atoms with E-state index < -0.39 is 0 Å². The molecule has 1 unspecified atom stereocenters. The summed E-state index contributed by atoms with van der Waals surface area (Å²) in [4.78, 5) is 11.9. The van der Waals surface area contributed by atoms with Crippen molar-refractivity contribution < 1.29 is 14.6 Å². The van der Waals surface area contributed by atoms with Gasteiger partial charge in [0.05, 0.1) is 13.0 Å². The lowest BCUT2D eigenvalue weighted by atomic mass is 9.95. The van der Waals surface area contributed by atoms with Gasteiger partial charge in [-0.05, 0) is 45.2 Å². The van der Waals surface area contributed by atoms with Gasteiger partial charge in [-0.1, -0.05) is 24.6 Å². The third-order valence-corrected chi connectivity index (χ3v) is 3.80. The molecule has 0 spiro atoms. The highest BCUT2D eigenvalue weighted by Gasteiger charge is 2.23. The number of aryl methyl sites for hydroxylation is 2. The fraction of sp³-hybridized carbons (Fsp3) is 0.588. The molecule has 0 saturated carbocycles. The first kappa shape index (κ1) is 17.5. The van der Waals surface area contributed by atoms with E-state index in [1.807, 2.05) is 39.8 Å². The minimum absolute atomic E-state index is 0.0439. The summed E-state index contributed by atoms with van der Waals surface area (Å²) in [5.74, 6) is 0.777. The number of carbonyl (C=O) groups is 1. The summed E-state index contributed by atoms with van der Waals surface area (Å²) >= 11 is 0. The Balaban J connectivity index is 2.43. The summed E-state index contributed by atoms with van der Waals surface area (Å²) in [5.41, 5.74) is 1.93. The van der Waals surface area contributed by atoms with E-state index in [4.69, 9.17) is 9.84 Å². The molecule has 0 saturated heterocycles. The van der Waals surface area contributed by atoms with Crippen molar-refractivity contribution in [2.75, 3.05) is 13.2 Å². The van der Waals surface area contributed by atoms with Crippen molar-refractivity contribution in [1.29, 1.82) is 0 Å². The molecule has 0 heterocycles. The Kier molecular flexibility index (Phi) is 6.69. The van der Waals surface area contributed by atoms with Gasteiger partial charge in [0.15, 0.2) is 0 Å². The first-order chi connectivity index (χ1) is 9.90. The van der Waals surface area contributed by atoms with Gasteiger partial charge in [0.1, 0.15) is 5.75 Å². The maximum Gasteiger partial charge on any atom is 0.223 e. The lowest BCUT2D eigenvalue weighted by Gasteiger charge is -2.29. The van der Waals surface area contributed by atoms with E-state index in [9.17, 15) is 4.79 Å². The van der Waals surface area contributed by atoms with Crippen LogP contribution < -0.4 is 10.1 Å². The molecule has 1 aromatic carbocycles. The number of ether oxygens (including phenoxy) is 1. The molecule has 0 aromatic heterocycles. The molecule has 4 nitrogen and oxygen atoms in total. The van der Waals surface area contributed by atoms with Crippen LogP contribution in [0, 0.1) is 13.8 Å². The lowest BCUT2D eigenvalue weighted by Crippen LogP contribution is -2.46. The van der Waals surface area contributed by atoms with Crippen LogP contribution in [0.25, 0.3) is 0 Å². The van der Waals surface area contributed by atoms with Crippen LogP contribution >= 0.6 is 0 Å². The second-order valence-corrected chi connectivity index (χ2v) is 5.80. The predicted molar refractivity (Wildman–Crippen MR) is 84.6 cm³/mol. The van der Waals surface area contributed by atoms with Gasteiger partial charge in [0.2, 0.25) is 5.91 Å². The summed E-state index contributed by atoms with van der Waals surface area (Å²) in [6.45, 7) is 8.42. The first-order valence-corrected chi connectivity index (χ1v) is 7.52. The maximum absolute atomic E-state index is 11.9. The zero-order valence-corrected chi connectivity index (χ0v) is 13.5. The Hall–Kier alpha value is -1.55. The molecule has 21 heavy (non-hydrogen) atoms. The number of rotatable bonds is 8. The average molecular weight is 293 g/mol. The van der Waals surface area contributed by atoms with Crippen LogP contribution in [0.3, 0.4) is 0 Å². The molecule has 1 rings (SSSR count). The summed E-state index contributed by atoms with van der Waals surface area (Å²) in [7, 11) is 0. The molecular formula is C17H27NO3. The van der Waals surface area contributed by atoms with E-state index in [2.05, 4.69) is 11.4 Å². The largest absolute Gasteiger partial charge is 0.493 e. The van der Waals surface area contributed by atoms with E-state index in [1.54, 1.807) is 0 Å². The highest BCUT2D eigenvalue weighted by atomic mass is 16.5. The van der Waals surface area contributed by atoms with E-state index in [-0.39, 0.29) is 18.1 Å². The number of hydrogen-bond donors (Lipinski definition) is 2. The van der Waals surface area contributed by atoms with E-state index in [1.165, 1.54) is 5.56 Å². The van der Waals surface area contributed by atoms with E-state index >= 15 is 0 Å². The molecule has 4 heteroatoms. The van der Waals surface area contributed by atoms with Crippen LogP contribution in [0.2, 0.25) is 0 Å². The number of amides is 1. The Morgan fingerprint density at radius 1 is 1.38 bits per heavy atom. The predicted octanol–water partition coefficient (Wildman–Crippen LogP) is 2.74. The zero-order chi connectivity index (χ0) is 15.9. The summed E-state index contributed by atoms with van der Waals surface area (Å²) < 4.78 is 5.66. The van der Waals surface area contributed by atoms with Crippen molar-refractivity contribution in [1.82, 2.24) is 5.32 Å². The van der Waals surface area contributed by atoms with Crippen LogP contribution in [0.15, 0.2) is 18.2 Å². The molecule has 0 bridgehead atoms. The van der Waals surface area contributed by atoms with Crippen molar-refractivity contribution in [3.63, 3.8) is 0 Å². The van der Waals surface area contributed by atoms with Gasteiger partial charge in [0.25, 0.3) is 0 Å². The number of nitrogens with one attached hydrogen (secondary N) is 1. The van der Waals surface area contributed by atoms with Crippen molar-refractivity contribution in [2.24, 2.45) is 0 Å². The van der Waals surface area contributed by atoms with E-state index in [0.717, 1.165) is 17.7 Å². The molecule has 1 atom stereocenters. The fourth-order valence-corrected chi connectivity index (χ4v) is 2.19. The Labute approximate surface area is 127 Å². The SMILES string of the molecule is CCC(C)(CCO)NC(=O)CCOc1ccc(C)cc1C. The minimum Gasteiger partial charge on any atom is -0.493 e. The first-order valence-electron chi connectivity index (χ1n) is 7.52. The molecular weight excluding hydrogens is 266 g/mol. The van der Waals surface area contributed by atoms with Crippen molar-refractivity contribution >= 4 is 5.91 Å². The molecule has 0 aliphatic carbocycles. The smallest absolute Gasteiger partial charge is 0.223 e. The Morgan fingerprint density at radius 2 is 2.10 bits per heavy atom. The van der Waals surface area contributed by atoms with Crippen LogP contribution in [0.5, 0.6) is 5.75 Å². The summed E-state index contributed by atoms with van der Waals surface area (Å²) in [6.07, 6.45) is 1.67. The molecule has 118 valence electrons. The molecule has 1 amide bonds. The van der Waals surface area contributed by atoms with Gasteiger partial charge < -0.3 is 15.2 Å². The fourth-order valence-electron chi connectivity index (χ4n) is 2.19. The molecule has 0 aliphatic rings. The number of benzene rings is 1. The summed E-state index contributed by atoms with van der Waals surface area (Å²) in [5, 5.41) is 12.0. The van der Waals surface area contributed by atoms with Gasteiger partial charge in [-0.25, -0.2) is 0 Å². The van der Waals surface area contributed by atoms with Crippen LogP contribution in [0.4, 0.5) is 0 Å². The quantitative estimate of drug-likeness (QED) is 0.775. The van der Waals surface area contributed by atoms with Gasteiger partial charge >= 0.3 is 0 Å². The van der Waals surface area contributed by atoms with Crippen molar-refractivity contribution in [2.45, 2.75) is 52.5 Å². The molecule has 0 radical (unpaired) electrons. The van der Waals surface area contributed by atoms with Crippen molar-refractivity contribution in [3.8, 4) is 5.75 Å². The second kappa shape index (κ2) is 8.03. The van der Waals surface area contributed by atoms with Crippen LogP contribution in [0.1, 0.15) is 44.2 Å². The zero-order valence-electron chi connectivity index (χ0n) is 13.5. The standard InChI is InChI=1S/C17H27NO3/c1-5-17(4,9-10-19)18-16(20)8-11-21-15-7-6-13(2)12-14(15)3/h6-7,12,19H,5,8-11H2,1-4H3,(H,18,20). The lowest BCUT2D eigenvalue weighted by molar-refractivity contribution is -0.123. The highest BCUT2D eigenvalue weighted by molar-refractivity contribution is 5.76. The minimum atomic E-state index is -0.342. The Bertz CT molecular complexity index is 473. The number of hydrogen-bond acceptors (Lipinski definition) is 3. The third kappa shape index (κ3) is 5.76. The van der Waals surface area contributed by atoms with Crippen molar-refractivity contribution in [3.05, 3.63) is 29.3 Å². The third-order valence-electron chi connectivity index (χ3n) is 3.80. The van der Waals surface area contributed by atoms with Gasteiger partial charge in [-0.3, -0.25) is 4.79 Å². The molecule has 0 fully saturated rings. The van der Waals surface area contributed by atoms with Crippen LogP contribution in [-0.2, 0) is 4.79 Å². The van der Waals surface area contributed by atoms with Gasteiger partial charge in [0, 0.05) is 12.1 Å². The molecule has 1 aromatic rings. The normalized spacial score (nSPS) is 13.6. The number of carbonyl (C=O) groups excluding carboxylic acids is 1. The molecule has 0 aliphatic heterocycles. The Morgan fingerprint density at radius 3 is 2.67 bits per heavy atom. The topological polar surface area (TPSA) is 58.6 Å².